The monoisotopic (exact) mass is 436 g/mol. The van der Waals surface area contributed by atoms with Crippen molar-refractivity contribution in [3.8, 4) is 0 Å². The lowest BCUT2D eigenvalue weighted by Gasteiger charge is -2.46. The van der Waals surface area contributed by atoms with Gasteiger partial charge in [0.15, 0.2) is 6.29 Å². The quantitative estimate of drug-likeness (QED) is 0.416. The SMILES string of the molecule is CC(C)C[C@H](COC(C)C)[C@H]1OC(c2ccccc2)O[C@@H](COC(C)C)[C@H]1OC(C)C. The van der Waals surface area contributed by atoms with Crippen LogP contribution in [0.25, 0.3) is 0 Å². The Kier molecular flexibility index (Phi) is 10.9. The minimum Gasteiger partial charge on any atom is -0.378 e. The molecule has 1 saturated heterocycles. The first kappa shape index (κ1) is 26.3. The highest BCUT2D eigenvalue weighted by Gasteiger charge is 2.45. The molecule has 5 heteroatoms. The Balaban J connectivity index is 2.36. The van der Waals surface area contributed by atoms with Gasteiger partial charge in [0.25, 0.3) is 0 Å². The van der Waals surface area contributed by atoms with Crippen molar-refractivity contribution in [1.29, 1.82) is 0 Å². The van der Waals surface area contributed by atoms with Crippen LogP contribution < -0.4 is 0 Å². The number of benzene rings is 1. The molecule has 0 aromatic heterocycles. The molecule has 0 aliphatic carbocycles. The fraction of sp³-hybridized carbons (Fsp3) is 0.769. The number of ether oxygens (including phenoxy) is 5. The van der Waals surface area contributed by atoms with E-state index in [1.807, 2.05) is 44.2 Å². The van der Waals surface area contributed by atoms with Crippen LogP contribution in [0.15, 0.2) is 30.3 Å². The van der Waals surface area contributed by atoms with Gasteiger partial charge in [-0.25, -0.2) is 0 Å². The fourth-order valence-electron chi connectivity index (χ4n) is 3.97. The average Bonchev–Trinajstić information content (AvgIpc) is 2.70. The lowest BCUT2D eigenvalue weighted by atomic mass is 9.87. The second kappa shape index (κ2) is 12.9. The van der Waals surface area contributed by atoms with Crippen LogP contribution in [0.5, 0.6) is 0 Å². The molecule has 0 N–H and O–H groups in total. The maximum atomic E-state index is 6.64. The summed E-state index contributed by atoms with van der Waals surface area (Å²) in [5.74, 6) is 0.718. The highest BCUT2D eigenvalue weighted by Crippen LogP contribution is 2.37. The van der Waals surface area contributed by atoms with Gasteiger partial charge in [-0.3, -0.25) is 0 Å². The Bertz CT molecular complexity index is 601. The van der Waals surface area contributed by atoms with Crippen LogP contribution in [0.2, 0.25) is 0 Å². The molecule has 1 unspecified atom stereocenters. The van der Waals surface area contributed by atoms with Gasteiger partial charge in [-0.1, -0.05) is 44.2 Å². The third-order valence-electron chi connectivity index (χ3n) is 5.25. The summed E-state index contributed by atoms with van der Waals surface area (Å²) in [5, 5.41) is 0. The van der Waals surface area contributed by atoms with Crippen molar-refractivity contribution >= 4 is 0 Å². The van der Waals surface area contributed by atoms with Crippen molar-refractivity contribution in [1.82, 2.24) is 0 Å². The zero-order chi connectivity index (χ0) is 23.0. The van der Waals surface area contributed by atoms with Gasteiger partial charge in [0, 0.05) is 11.5 Å². The minimum absolute atomic E-state index is 0.0558. The van der Waals surface area contributed by atoms with Crippen LogP contribution in [-0.2, 0) is 23.7 Å². The standard InChI is InChI=1S/C26H44O5/c1-17(2)14-22(15-27-18(3)4)24-25(29-20(7)8)23(16-28-19(5)6)30-26(31-24)21-12-10-9-11-13-21/h9-13,17-20,22-26H,14-16H2,1-8H3/t22-,23+,24-,25-,26?/m1/s1. The first-order valence-electron chi connectivity index (χ1n) is 11.9. The average molecular weight is 437 g/mol. The zero-order valence-corrected chi connectivity index (χ0v) is 20.7. The van der Waals surface area contributed by atoms with Crippen molar-refractivity contribution in [2.24, 2.45) is 11.8 Å². The molecule has 31 heavy (non-hydrogen) atoms. The van der Waals surface area contributed by atoms with Crippen molar-refractivity contribution in [2.75, 3.05) is 13.2 Å². The molecule has 5 atom stereocenters. The number of hydrogen-bond donors (Lipinski definition) is 0. The van der Waals surface area contributed by atoms with Crippen LogP contribution in [0.1, 0.15) is 73.7 Å². The van der Waals surface area contributed by atoms with Gasteiger partial charge in [-0.2, -0.15) is 0 Å². The Morgan fingerprint density at radius 2 is 1.45 bits per heavy atom. The van der Waals surface area contributed by atoms with Gasteiger partial charge in [0.05, 0.1) is 37.6 Å². The van der Waals surface area contributed by atoms with Crippen molar-refractivity contribution in [3.05, 3.63) is 35.9 Å². The molecule has 178 valence electrons. The maximum Gasteiger partial charge on any atom is 0.184 e. The minimum atomic E-state index is -0.451. The van der Waals surface area contributed by atoms with E-state index in [1.165, 1.54) is 0 Å². The molecule has 2 rings (SSSR count). The molecular weight excluding hydrogens is 392 g/mol. The normalized spacial score (nSPS) is 25.7. The third kappa shape index (κ3) is 8.82. The fourth-order valence-corrected chi connectivity index (χ4v) is 3.97. The summed E-state index contributed by atoms with van der Waals surface area (Å²) in [6, 6.07) is 10.1. The highest BCUT2D eigenvalue weighted by molar-refractivity contribution is 5.16. The smallest absolute Gasteiger partial charge is 0.184 e. The predicted molar refractivity (Wildman–Crippen MR) is 124 cm³/mol. The van der Waals surface area contributed by atoms with Crippen LogP contribution in [0, 0.1) is 11.8 Å². The molecular formula is C26H44O5. The molecule has 1 aromatic rings. The van der Waals surface area contributed by atoms with E-state index in [9.17, 15) is 0 Å². The molecule has 0 amide bonds. The van der Waals surface area contributed by atoms with E-state index in [-0.39, 0.29) is 42.5 Å². The number of hydrogen-bond acceptors (Lipinski definition) is 5. The summed E-state index contributed by atoms with van der Waals surface area (Å²) in [5.41, 5.74) is 1.01. The van der Waals surface area contributed by atoms with Gasteiger partial charge < -0.3 is 23.7 Å². The molecule has 5 nitrogen and oxygen atoms in total. The lowest BCUT2D eigenvalue weighted by molar-refractivity contribution is -0.322. The predicted octanol–water partition coefficient (Wildman–Crippen LogP) is 5.78. The lowest BCUT2D eigenvalue weighted by Crippen LogP contribution is -2.55. The zero-order valence-electron chi connectivity index (χ0n) is 20.7. The van der Waals surface area contributed by atoms with Crippen LogP contribution in [0.3, 0.4) is 0 Å². The summed E-state index contributed by atoms with van der Waals surface area (Å²) >= 11 is 0. The third-order valence-corrected chi connectivity index (χ3v) is 5.25. The van der Waals surface area contributed by atoms with E-state index in [2.05, 4.69) is 41.5 Å². The largest absolute Gasteiger partial charge is 0.378 e. The van der Waals surface area contributed by atoms with Crippen LogP contribution >= 0.6 is 0 Å². The first-order valence-corrected chi connectivity index (χ1v) is 11.9. The maximum absolute atomic E-state index is 6.64. The molecule has 0 spiro atoms. The molecule has 1 heterocycles. The van der Waals surface area contributed by atoms with E-state index in [0.717, 1.165) is 12.0 Å². The molecule has 1 fully saturated rings. The van der Waals surface area contributed by atoms with Gasteiger partial charge in [0.2, 0.25) is 0 Å². The van der Waals surface area contributed by atoms with E-state index < -0.39 is 6.29 Å². The summed E-state index contributed by atoms with van der Waals surface area (Å²) in [4.78, 5) is 0. The Morgan fingerprint density at radius 1 is 0.806 bits per heavy atom. The van der Waals surface area contributed by atoms with Crippen molar-refractivity contribution in [3.63, 3.8) is 0 Å². The van der Waals surface area contributed by atoms with Gasteiger partial charge >= 0.3 is 0 Å². The molecule has 1 aliphatic heterocycles. The summed E-state index contributed by atoms with van der Waals surface area (Å²) in [6.45, 7) is 17.9. The van der Waals surface area contributed by atoms with Gasteiger partial charge in [0.1, 0.15) is 12.2 Å². The Hall–Kier alpha value is -0.980. The summed E-state index contributed by atoms with van der Waals surface area (Å²) in [6.07, 6.45) is 0.297. The Labute approximate surface area is 189 Å². The second-order valence-corrected chi connectivity index (χ2v) is 9.82. The summed E-state index contributed by atoms with van der Waals surface area (Å²) < 4.78 is 31.6. The van der Waals surface area contributed by atoms with E-state index in [1.54, 1.807) is 0 Å². The molecule has 1 aromatic carbocycles. The molecule has 0 bridgehead atoms. The number of rotatable bonds is 12. The molecule has 0 radical (unpaired) electrons. The molecule has 1 aliphatic rings. The van der Waals surface area contributed by atoms with E-state index >= 15 is 0 Å². The van der Waals surface area contributed by atoms with E-state index in [0.29, 0.717) is 19.1 Å². The summed E-state index contributed by atoms with van der Waals surface area (Å²) in [7, 11) is 0. The molecule has 0 saturated carbocycles. The van der Waals surface area contributed by atoms with Gasteiger partial charge in [-0.05, 0) is 53.9 Å². The van der Waals surface area contributed by atoms with Crippen molar-refractivity contribution < 1.29 is 23.7 Å². The topological polar surface area (TPSA) is 46.2 Å². The van der Waals surface area contributed by atoms with E-state index in [4.69, 9.17) is 23.7 Å². The van der Waals surface area contributed by atoms with Crippen LogP contribution in [0.4, 0.5) is 0 Å². The van der Waals surface area contributed by atoms with Crippen molar-refractivity contribution in [2.45, 2.75) is 105 Å². The van der Waals surface area contributed by atoms with Gasteiger partial charge in [-0.15, -0.1) is 0 Å². The second-order valence-electron chi connectivity index (χ2n) is 9.82. The van der Waals surface area contributed by atoms with Crippen LogP contribution in [-0.4, -0.2) is 49.8 Å². The highest BCUT2D eigenvalue weighted by atomic mass is 16.7. The Morgan fingerprint density at radius 3 is 2.00 bits per heavy atom. The first-order chi connectivity index (χ1) is 14.7.